The number of aryl methyl sites for hydroxylation is 1. The number of nitrogen functional groups attached to an aromatic ring is 1. The molecule has 0 aliphatic rings. The average molecular weight is 450 g/mol. The Morgan fingerprint density at radius 1 is 1.35 bits per heavy atom. The number of hydrazone groups is 1. The molecule has 2 rings (SSSR count). The second-order valence-electron chi connectivity index (χ2n) is 6.62. The van der Waals surface area contributed by atoms with E-state index >= 15 is 0 Å². The minimum atomic E-state index is -0.534. The number of nitro groups is 1. The van der Waals surface area contributed by atoms with Gasteiger partial charge >= 0.3 is 5.69 Å². The smallest absolute Gasteiger partial charge is 0.315 e. The van der Waals surface area contributed by atoms with Crippen LogP contribution in [0.3, 0.4) is 0 Å². The van der Waals surface area contributed by atoms with E-state index in [-0.39, 0.29) is 17.2 Å². The first kappa shape index (κ1) is 24.1. The summed E-state index contributed by atoms with van der Waals surface area (Å²) in [5.74, 6) is -0.144. The van der Waals surface area contributed by atoms with Gasteiger partial charge in [0.15, 0.2) is 10.9 Å². The van der Waals surface area contributed by atoms with Crippen LogP contribution >= 0.6 is 11.3 Å². The van der Waals surface area contributed by atoms with Crippen molar-refractivity contribution in [1.82, 2.24) is 10.4 Å². The van der Waals surface area contributed by atoms with Gasteiger partial charge in [-0.3, -0.25) is 14.9 Å². The zero-order valence-electron chi connectivity index (χ0n) is 17.8. The number of methoxy groups -OCH3 is 1. The number of nitrogens with zero attached hydrogens (tertiary/aromatic N) is 3. The molecule has 0 spiro atoms. The predicted octanol–water partition coefficient (Wildman–Crippen LogP) is 3.93. The highest BCUT2D eigenvalue weighted by Crippen LogP contribution is 2.38. The highest BCUT2D eigenvalue weighted by atomic mass is 32.1. The van der Waals surface area contributed by atoms with Crippen molar-refractivity contribution in [3.05, 3.63) is 38.4 Å². The fourth-order valence-electron chi connectivity index (χ4n) is 2.82. The number of carbonyl (C=O) groups is 1. The fraction of sp³-hybridized carbons (Fsp3) is 0.450. The van der Waals surface area contributed by atoms with Crippen molar-refractivity contribution in [3.8, 4) is 11.5 Å². The van der Waals surface area contributed by atoms with Crippen LogP contribution < -0.4 is 20.6 Å². The number of amides is 1. The highest BCUT2D eigenvalue weighted by molar-refractivity contribution is 7.17. The SMILES string of the molecule is CCCCCCOc1c(OC)cc(/C=N\NC(=O)c2sc(N)nc2CC)cc1[N+](=O)[O-]. The molecule has 0 saturated carbocycles. The lowest BCUT2D eigenvalue weighted by atomic mass is 10.1. The van der Waals surface area contributed by atoms with Crippen molar-refractivity contribution in [1.29, 1.82) is 0 Å². The van der Waals surface area contributed by atoms with E-state index in [2.05, 4.69) is 22.4 Å². The van der Waals surface area contributed by atoms with Gasteiger partial charge in [0, 0.05) is 11.6 Å². The molecule has 168 valence electrons. The zero-order valence-corrected chi connectivity index (χ0v) is 18.7. The molecule has 10 nitrogen and oxygen atoms in total. The van der Waals surface area contributed by atoms with Crippen LogP contribution in [0.2, 0.25) is 0 Å². The topological polar surface area (TPSA) is 142 Å². The minimum Gasteiger partial charge on any atom is -0.493 e. The maximum Gasteiger partial charge on any atom is 0.315 e. The Labute approximate surface area is 184 Å². The number of carbonyl (C=O) groups excluding carboxylic acids is 1. The van der Waals surface area contributed by atoms with Crippen LogP contribution in [0.4, 0.5) is 10.8 Å². The molecular weight excluding hydrogens is 422 g/mol. The maximum absolute atomic E-state index is 12.3. The van der Waals surface area contributed by atoms with Gasteiger partial charge in [-0.25, -0.2) is 10.4 Å². The summed E-state index contributed by atoms with van der Waals surface area (Å²) >= 11 is 1.07. The third-order valence-corrected chi connectivity index (χ3v) is 5.28. The summed E-state index contributed by atoms with van der Waals surface area (Å²) in [6.45, 7) is 4.33. The van der Waals surface area contributed by atoms with Crippen LogP contribution in [-0.4, -0.2) is 35.7 Å². The molecule has 11 heteroatoms. The summed E-state index contributed by atoms with van der Waals surface area (Å²) in [6.07, 6.45) is 5.81. The van der Waals surface area contributed by atoms with Crippen molar-refractivity contribution in [2.45, 2.75) is 46.0 Å². The van der Waals surface area contributed by atoms with Gasteiger partial charge in [-0.15, -0.1) is 0 Å². The molecule has 0 radical (unpaired) electrons. The molecule has 1 aromatic carbocycles. The largest absolute Gasteiger partial charge is 0.493 e. The number of thiazole rings is 1. The Morgan fingerprint density at radius 3 is 2.77 bits per heavy atom. The highest BCUT2D eigenvalue weighted by Gasteiger charge is 2.22. The van der Waals surface area contributed by atoms with E-state index in [0.29, 0.717) is 34.3 Å². The lowest BCUT2D eigenvalue weighted by molar-refractivity contribution is -0.386. The Balaban J connectivity index is 2.16. The van der Waals surface area contributed by atoms with Crippen LogP contribution in [0, 0.1) is 10.1 Å². The molecule has 1 heterocycles. The van der Waals surface area contributed by atoms with Crippen molar-refractivity contribution >= 4 is 34.3 Å². The first-order valence-corrected chi connectivity index (χ1v) is 10.8. The molecule has 0 aliphatic heterocycles. The van der Waals surface area contributed by atoms with Crippen LogP contribution in [0.5, 0.6) is 11.5 Å². The average Bonchev–Trinajstić information content (AvgIpc) is 3.14. The minimum absolute atomic E-state index is 0.0814. The summed E-state index contributed by atoms with van der Waals surface area (Å²) in [7, 11) is 1.41. The van der Waals surface area contributed by atoms with Gasteiger partial charge in [0.05, 0.1) is 30.5 Å². The van der Waals surface area contributed by atoms with Gasteiger partial charge in [-0.1, -0.05) is 44.4 Å². The number of rotatable bonds is 12. The molecule has 0 unspecified atom stereocenters. The van der Waals surface area contributed by atoms with Crippen LogP contribution in [0.1, 0.15) is 60.5 Å². The molecular formula is C20H27N5O5S. The third kappa shape index (κ3) is 6.64. The number of nitrogens with two attached hydrogens (primary N) is 1. The fourth-order valence-corrected chi connectivity index (χ4v) is 3.63. The maximum atomic E-state index is 12.3. The molecule has 0 aliphatic carbocycles. The van der Waals surface area contributed by atoms with Crippen LogP contribution in [-0.2, 0) is 6.42 Å². The number of unbranched alkanes of at least 4 members (excludes halogenated alkanes) is 3. The van der Waals surface area contributed by atoms with Crippen LogP contribution in [0.15, 0.2) is 17.2 Å². The number of hydrogen-bond donors (Lipinski definition) is 2. The molecule has 0 bridgehead atoms. The first-order valence-electron chi connectivity index (χ1n) is 9.99. The zero-order chi connectivity index (χ0) is 22.8. The Hall–Kier alpha value is -3.21. The van der Waals surface area contributed by atoms with Gasteiger partial charge in [0.25, 0.3) is 5.91 Å². The van der Waals surface area contributed by atoms with Gasteiger partial charge in [-0.05, 0) is 18.9 Å². The normalized spacial score (nSPS) is 10.9. The summed E-state index contributed by atoms with van der Waals surface area (Å²) in [6, 6.07) is 2.88. The van der Waals surface area contributed by atoms with Crippen molar-refractivity contribution < 1.29 is 19.2 Å². The number of nitro benzene ring substituents is 1. The molecule has 0 saturated heterocycles. The second kappa shape index (κ2) is 11.8. The lowest BCUT2D eigenvalue weighted by Gasteiger charge is -2.12. The molecule has 3 N–H and O–H groups in total. The van der Waals surface area contributed by atoms with Gasteiger partial charge in [0.2, 0.25) is 5.75 Å². The summed E-state index contributed by atoms with van der Waals surface area (Å²) in [5, 5.41) is 15.8. The molecule has 31 heavy (non-hydrogen) atoms. The summed E-state index contributed by atoms with van der Waals surface area (Å²) in [5.41, 5.74) is 8.79. The first-order chi connectivity index (χ1) is 14.9. The van der Waals surface area contributed by atoms with E-state index in [1.807, 2.05) is 6.92 Å². The lowest BCUT2D eigenvalue weighted by Crippen LogP contribution is -2.17. The van der Waals surface area contributed by atoms with Gasteiger partial charge in [0.1, 0.15) is 4.88 Å². The van der Waals surface area contributed by atoms with E-state index < -0.39 is 10.8 Å². The number of ether oxygens (including phenoxy) is 2. The number of benzene rings is 1. The summed E-state index contributed by atoms with van der Waals surface area (Å²) in [4.78, 5) is 27.8. The molecule has 2 aromatic rings. The van der Waals surface area contributed by atoms with E-state index in [1.54, 1.807) is 6.07 Å². The second-order valence-corrected chi connectivity index (χ2v) is 7.65. The van der Waals surface area contributed by atoms with E-state index in [1.165, 1.54) is 19.4 Å². The van der Waals surface area contributed by atoms with Gasteiger partial charge < -0.3 is 15.2 Å². The summed E-state index contributed by atoms with van der Waals surface area (Å²) < 4.78 is 10.9. The molecule has 0 fully saturated rings. The van der Waals surface area contributed by atoms with Crippen molar-refractivity contribution in [3.63, 3.8) is 0 Å². The molecule has 1 amide bonds. The number of hydrogen-bond acceptors (Lipinski definition) is 9. The van der Waals surface area contributed by atoms with Crippen LogP contribution in [0.25, 0.3) is 0 Å². The predicted molar refractivity (Wildman–Crippen MR) is 120 cm³/mol. The molecule has 0 atom stereocenters. The Kier molecular flexibility index (Phi) is 9.19. The third-order valence-electron chi connectivity index (χ3n) is 4.35. The number of aromatic nitrogens is 1. The number of anilines is 1. The quantitative estimate of drug-likeness (QED) is 0.216. The van der Waals surface area contributed by atoms with E-state index in [9.17, 15) is 14.9 Å². The number of nitrogens with one attached hydrogen (secondary N) is 1. The van der Waals surface area contributed by atoms with E-state index in [4.69, 9.17) is 15.2 Å². The van der Waals surface area contributed by atoms with Gasteiger partial charge in [-0.2, -0.15) is 5.10 Å². The standard InChI is InChI=1S/C20H27N5O5S/c1-4-6-7-8-9-30-17-15(25(27)28)10-13(11-16(17)29-3)12-22-24-19(26)18-14(5-2)23-20(21)31-18/h10-12H,4-9H2,1-3H3,(H2,21,23)(H,24,26)/b22-12-. The van der Waals surface area contributed by atoms with E-state index in [0.717, 1.165) is 37.0 Å². The van der Waals surface area contributed by atoms with Crippen molar-refractivity contribution in [2.24, 2.45) is 5.10 Å². The Morgan fingerprint density at radius 2 is 2.13 bits per heavy atom. The Bertz CT molecular complexity index is 944. The monoisotopic (exact) mass is 449 g/mol. The van der Waals surface area contributed by atoms with Crippen molar-refractivity contribution in [2.75, 3.05) is 19.5 Å². The molecule has 1 aromatic heterocycles.